The number of guanidine groups is 1. The standard InChI is InChI=1S/C8H18N4/c1-3-4-5-6-7(2)11-12-8(9)10/h3-6H2,1-2H3,(H4,9,10,12)/b11-7-. The Morgan fingerprint density at radius 3 is 2.33 bits per heavy atom. The molecule has 0 atom stereocenters. The van der Waals surface area contributed by atoms with Gasteiger partial charge in [-0.1, -0.05) is 19.8 Å². The molecule has 0 aromatic rings. The van der Waals surface area contributed by atoms with Gasteiger partial charge < -0.3 is 11.5 Å². The minimum Gasteiger partial charge on any atom is -0.369 e. The first-order valence-electron chi connectivity index (χ1n) is 4.29. The molecule has 0 bridgehead atoms. The van der Waals surface area contributed by atoms with Crippen LogP contribution >= 0.6 is 0 Å². The minimum absolute atomic E-state index is 0.0184. The summed E-state index contributed by atoms with van der Waals surface area (Å²) < 4.78 is 0. The van der Waals surface area contributed by atoms with Crippen LogP contribution in [0.2, 0.25) is 0 Å². The van der Waals surface area contributed by atoms with Gasteiger partial charge in [-0.15, -0.1) is 5.10 Å². The van der Waals surface area contributed by atoms with Crippen molar-refractivity contribution in [3.63, 3.8) is 0 Å². The molecule has 12 heavy (non-hydrogen) atoms. The highest BCUT2D eigenvalue weighted by Crippen LogP contribution is 2.00. The van der Waals surface area contributed by atoms with Gasteiger partial charge in [0, 0.05) is 5.71 Å². The summed E-state index contributed by atoms with van der Waals surface area (Å²) in [5.41, 5.74) is 11.2. The fourth-order valence-corrected chi connectivity index (χ4v) is 0.824. The number of nitrogens with two attached hydrogens (primary N) is 2. The molecule has 0 aromatic heterocycles. The summed E-state index contributed by atoms with van der Waals surface area (Å²) in [5, 5.41) is 7.41. The topological polar surface area (TPSA) is 76.8 Å². The van der Waals surface area contributed by atoms with Crippen LogP contribution in [0.15, 0.2) is 10.2 Å². The van der Waals surface area contributed by atoms with Gasteiger partial charge in [-0.05, 0) is 19.8 Å². The second-order valence-electron chi connectivity index (χ2n) is 2.82. The smallest absolute Gasteiger partial charge is 0.211 e. The van der Waals surface area contributed by atoms with E-state index >= 15 is 0 Å². The zero-order valence-corrected chi connectivity index (χ0v) is 7.88. The molecule has 0 saturated carbocycles. The highest BCUT2D eigenvalue weighted by Gasteiger charge is 1.90. The summed E-state index contributed by atoms with van der Waals surface area (Å²) in [6.45, 7) is 4.10. The maximum atomic E-state index is 5.12. The zero-order chi connectivity index (χ0) is 9.40. The number of unbranched alkanes of at least 4 members (excludes halogenated alkanes) is 2. The van der Waals surface area contributed by atoms with Crippen LogP contribution in [0.25, 0.3) is 0 Å². The molecular weight excluding hydrogens is 152 g/mol. The third-order valence-electron chi connectivity index (χ3n) is 1.48. The van der Waals surface area contributed by atoms with Crippen molar-refractivity contribution >= 4 is 11.7 Å². The molecule has 4 heteroatoms. The quantitative estimate of drug-likeness (QED) is 0.281. The molecule has 0 spiro atoms. The normalized spacial score (nSPS) is 11.3. The number of nitrogens with zero attached hydrogens (tertiary/aromatic N) is 2. The van der Waals surface area contributed by atoms with E-state index in [0.717, 1.165) is 18.6 Å². The van der Waals surface area contributed by atoms with E-state index in [2.05, 4.69) is 17.1 Å². The molecule has 0 aliphatic heterocycles. The van der Waals surface area contributed by atoms with Crippen LogP contribution in [-0.4, -0.2) is 11.7 Å². The van der Waals surface area contributed by atoms with E-state index in [-0.39, 0.29) is 5.96 Å². The van der Waals surface area contributed by atoms with E-state index in [1.54, 1.807) is 0 Å². The number of hydrogen-bond acceptors (Lipinski definition) is 2. The fraction of sp³-hybridized carbons (Fsp3) is 0.750. The van der Waals surface area contributed by atoms with Crippen LogP contribution in [0.3, 0.4) is 0 Å². The first-order valence-corrected chi connectivity index (χ1v) is 4.29. The maximum Gasteiger partial charge on any atom is 0.211 e. The molecule has 70 valence electrons. The second kappa shape index (κ2) is 6.64. The predicted octanol–water partition coefficient (Wildman–Crippen LogP) is 1.22. The maximum absolute atomic E-state index is 5.12. The molecule has 0 aliphatic rings. The average Bonchev–Trinajstić information content (AvgIpc) is 2.01. The van der Waals surface area contributed by atoms with Crippen LogP contribution < -0.4 is 11.5 Å². The largest absolute Gasteiger partial charge is 0.369 e. The highest BCUT2D eigenvalue weighted by molar-refractivity contribution is 5.83. The van der Waals surface area contributed by atoms with Crippen molar-refractivity contribution in [2.75, 3.05) is 0 Å². The van der Waals surface area contributed by atoms with E-state index in [1.807, 2.05) is 6.92 Å². The summed E-state index contributed by atoms with van der Waals surface area (Å²) in [4.78, 5) is 0. The summed E-state index contributed by atoms with van der Waals surface area (Å²) in [6, 6.07) is 0. The number of rotatable bonds is 5. The molecule has 4 N–H and O–H groups in total. The van der Waals surface area contributed by atoms with Gasteiger partial charge in [0.2, 0.25) is 5.96 Å². The number of hydrogen-bond donors (Lipinski definition) is 2. The zero-order valence-electron chi connectivity index (χ0n) is 7.88. The molecule has 0 amide bonds. The van der Waals surface area contributed by atoms with E-state index in [1.165, 1.54) is 12.8 Å². The first-order chi connectivity index (χ1) is 5.66. The molecule has 0 heterocycles. The predicted molar refractivity (Wildman–Crippen MR) is 53.1 cm³/mol. The molecular formula is C8H18N4. The lowest BCUT2D eigenvalue weighted by Crippen LogP contribution is -2.22. The summed E-state index contributed by atoms with van der Waals surface area (Å²) in [5.74, 6) is 0.0184. The van der Waals surface area contributed by atoms with Crippen molar-refractivity contribution in [3.05, 3.63) is 0 Å². The molecule has 0 radical (unpaired) electrons. The Labute approximate surface area is 73.7 Å². The third kappa shape index (κ3) is 7.05. The van der Waals surface area contributed by atoms with Crippen LogP contribution in [0, 0.1) is 0 Å². The highest BCUT2D eigenvalue weighted by atomic mass is 15.3. The lowest BCUT2D eigenvalue weighted by Gasteiger charge is -1.96. The summed E-state index contributed by atoms with van der Waals surface area (Å²) in [7, 11) is 0. The van der Waals surface area contributed by atoms with Gasteiger partial charge in [0.25, 0.3) is 0 Å². The van der Waals surface area contributed by atoms with Crippen molar-refractivity contribution in [1.29, 1.82) is 0 Å². The molecule has 0 fully saturated rings. The first kappa shape index (κ1) is 10.9. The van der Waals surface area contributed by atoms with Crippen LogP contribution in [-0.2, 0) is 0 Å². The Kier molecular flexibility index (Phi) is 6.05. The van der Waals surface area contributed by atoms with Gasteiger partial charge in [0.15, 0.2) is 0 Å². The van der Waals surface area contributed by atoms with Gasteiger partial charge in [0.05, 0.1) is 0 Å². The van der Waals surface area contributed by atoms with Crippen LogP contribution in [0.4, 0.5) is 0 Å². The monoisotopic (exact) mass is 170 g/mol. The lowest BCUT2D eigenvalue weighted by molar-refractivity contribution is 0.740. The van der Waals surface area contributed by atoms with Crippen molar-refractivity contribution in [3.8, 4) is 0 Å². The van der Waals surface area contributed by atoms with Gasteiger partial charge in [-0.25, -0.2) is 0 Å². The Morgan fingerprint density at radius 2 is 1.83 bits per heavy atom. The molecule has 0 aliphatic carbocycles. The summed E-state index contributed by atoms with van der Waals surface area (Å²) in [6.07, 6.45) is 4.58. The average molecular weight is 170 g/mol. The summed E-state index contributed by atoms with van der Waals surface area (Å²) >= 11 is 0. The molecule has 4 nitrogen and oxygen atoms in total. The van der Waals surface area contributed by atoms with Gasteiger partial charge >= 0.3 is 0 Å². The molecule has 0 unspecified atom stereocenters. The van der Waals surface area contributed by atoms with E-state index in [4.69, 9.17) is 11.5 Å². The lowest BCUT2D eigenvalue weighted by atomic mass is 10.1. The minimum atomic E-state index is 0.0184. The SMILES string of the molecule is CCCCC/C(C)=N\N=C(N)N. The Bertz CT molecular complexity index is 168. The molecule has 0 saturated heterocycles. The van der Waals surface area contributed by atoms with Crippen LogP contribution in [0.1, 0.15) is 39.5 Å². The second-order valence-corrected chi connectivity index (χ2v) is 2.82. The van der Waals surface area contributed by atoms with Gasteiger partial charge in [-0.3, -0.25) is 0 Å². The third-order valence-corrected chi connectivity index (χ3v) is 1.48. The van der Waals surface area contributed by atoms with Crippen molar-refractivity contribution in [2.45, 2.75) is 39.5 Å². The Morgan fingerprint density at radius 1 is 1.17 bits per heavy atom. The Balaban J connectivity index is 3.63. The van der Waals surface area contributed by atoms with E-state index in [9.17, 15) is 0 Å². The Hall–Kier alpha value is -1.06. The van der Waals surface area contributed by atoms with Crippen molar-refractivity contribution < 1.29 is 0 Å². The van der Waals surface area contributed by atoms with E-state index < -0.39 is 0 Å². The molecule has 0 aromatic carbocycles. The van der Waals surface area contributed by atoms with Crippen LogP contribution in [0.5, 0.6) is 0 Å². The van der Waals surface area contributed by atoms with Crippen molar-refractivity contribution in [1.82, 2.24) is 0 Å². The van der Waals surface area contributed by atoms with Crippen molar-refractivity contribution in [2.24, 2.45) is 21.7 Å². The fourth-order valence-electron chi connectivity index (χ4n) is 0.824. The van der Waals surface area contributed by atoms with Gasteiger partial charge in [-0.2, -0.15) is 5.10 Å². The van der Waals surface area contributed by atoms with E-state index in [0.29, 0.717) is 0 Å². The van der Waals surface area contributed by atoms with Gasteiger partial charge in [0.1, 0.15) is 0 Å². The molecule has 0 rings (SSSR count).